The monoisotopic (exact) mass is 347 g/mol. The molecule has 0 saturated carbocycles. The second kappa shape index (κ2) is 9.23. The summed E-state index contributed by atoms with van der Waals surface area (Å²) in [4.78, 5) is 14.1. The van der Waals surface area contributed by atoms with Crippen molar-refractivity contribution in [2.45, 2.75) is 26.7 Å². The van der Waals surface area contributed by atoms with Gasteiger partial charge in [0.05, 0.1) is 0 Å². The number of anilines is 1. The van der Waals surface area contributed by atoms with Crippen molar-refractivity contribution in [1.29, 1.82) is 0 Å². The van der Waals surface area contributed by atoms with E-state index in [0.29, 0.717) is 19.5 Å². The zero-order valence-corrected chi connectivity index (χ0v) is 14.9. The van der Waals surface area contributed by atoms with Crippen molar-refractivity contribution in [3.63, 3.8) is 0 Å². The number of amides is 1. The molecule has 0 aromatic heterocycles. The van der Waals surface area contributed by atoms with Gasteiger partial charge < -0.3 is 16.0 Å². The van der Waals surface area contributed by atoms with Crippen LogP contribution in [0, 0.1) is 12.3 Å². The average molecular weight is 348 g/mol. The van der Waals surface area contributed by atoms with Crippen molar-refractivity contribution in [1.82, 2.24) is 4.90 Å². The van der Waals surface area contributed by atoms with Crippen LogP contribution < -0.4 is 11.1 Å². The number of nitrogens with two attached hydrogens (primary N) is 1. The number of rotatable bonds is 5. The number of hydrogen-bond acceptors (Lipinski definition) is 3. The topological polar surface area (TPSA) is 58.4 Å². The van der Waals surface area contributed by atoms with E-state index in [1.165, 1.54) is 5.56 Å². The standard InChI is InChI=1S/C16H25N3O.2ClH/c1-13-5-3-4-6-14(13)18-9-7-15(20)19-10-8-16(2,11-17)12-19;;/h3-6,18H,7-12,17H2,1-2H3;2*1H. The number of carbonyl (C=O) groups excluding carboxylic acids is 1. The first kappa shape index (κ1) is 21.0. The summed E-state index contributed by atoms with van der Waals surface area (Å²) < 4.78 is 0. The van der Waals surface area contributed by atoms with Crippen molar-refractivity contribution < 1.29 is 4.79 Å². The molecule has 3 N–H and O–H groups in total. The molecule has 0 spiro atoms. The van der Waals surface area contributed by atoms with Crippen LogP contribution in [0.3, 0.4) is 0 Å². The number of carbonyl (C=O) groups is 1. The first-order valence-electron chi connectivity index (χ1n) is 7.31. The quantitative estimate of drug-likeness (QED) is 0.860. The van der Waals surface area contributed by atoms with Crippen molar-refractivity contribution >= 4 is 36.4 Å². The fourth-order valence-corrected chi connectivity index (χ4v) is 2.64. The van der Waals surface area contributed by atoms with E-state index in [-0.39, 0.29) is 36.1 Å². The van der Waals surface area contributed by atoms with Crippen LogP contribution in [-0.4, -0.2) is 37.0 Å². The summed E-state index contributed by atoms with van der Waals surface area (Å²) >= 11 is 0. The summed E-state index contributed by atoms with van der Waals surface area (Å²) in [5, 5.41) is 3.33. The second-order valence-corrected chi connectivity index (χ2v) is 6.07. The van der Waals surface area contributed by atoms with Gasteiger partial charge in [0.1, 0.15) is 0 Å². The summed E-state index contributed by atoms with van der Waals surface area (Å²) in [6.45, 7) is 7.20. The molecule has 0 bridgehead atoms. The Balaban J connectivity index is 0.00000220. The van der Waals surface area contributed by atoms with Gasteiger partial charge >= 0.3 is 0 Å². The minimum atomic E-state index is 0. The zero-order chi connectivity index (χ0) is 14.6. The molecular weight excluding hydrogens is 321 g/mol. The van der Waals surface area contributed by atoms with Crippen molar-refractivity contribution in [2.75, 3.05) is 31.5 Å². The third kappa shape index (κ3) is 5.34. The highest BCUT2D eigenvalue weighted by molar-refractivity contribution is 5.85. The first-order valence-corrected chi connectivity index (χ1v) is 7.31. The lowest BCUT2D eigenvalue weighted by Crippen LogP contribution is -2.35. The molecule has 1 atom stereocenters. The van der Waals surface area contributed by atoms with Gasteiger partial charge in [0.25, 0.3) is 0 Å². The van der Waals surface area contributed by atoms with Gasteiger partial charge in [-0.2, -0.15) is 0 Å². The second-order valence-electron chi connectivity index (χ2n) is 6.07. The molecule has 1 amide bonds. The maximum Gasteiger partial charge on any atom is 0.224 e. The van der Waals surface area contributed by atoms with Gasteiger partial charge in [0, 0.05) is 31.7 Å². The summed E-state index contributed by atoms with van der Waals surface area (Å²) in [6, 6.07) is 8.13. The Morgan fingerprint density at radius 1 is 1.36 bits per heavy atom. The molecule has 22 heavy (non-hydrogen) atoms. The Labute approximate surface area is 145 Å². The highest BCUT2D eigenvalue weighted by Crippen LogP contribution is 2.28. The summed E-state index contributed by atoms with van der Waals surface area (Å²) in [5.74, 6) is 0.225. The smallest absolute Gasteiger partial charge is 0.224 e. The summed E-state index contributed by atoms with van der Waals surface area (Å²) in [5.41, 5.74) is 8.19. The molecule has 126 valence electrons. The van der Waals surface area contributed by atoms with Crippen LogP contribution in [0.4, 0.5) is 5.69 Å². The molecule has 1 fully saturated rings. The molecule has 1 aromatic carbocycles. The number of nitrogens with zero attached hydrogens (tertiary/aromatic N) is 1. The number of likely N-dealkylation sites (tertiary alicyclic amines) is 1. The van der Waals surface area contributed by atoms with E-state index in [0.717, 1.165) is 25.2 Å². The third-order valence-corrected chi connectivity index (χ3v) is 4.20. The maximum atomic E-state index is 12.2. The maximum absolute atomic E-state index is 12.2. The molecule has 1 saturated heterocycles. The average Bonchev–Trinajstić information content (AvgIpc) is 2.84. The summed E-state index contributed by atoms with van der Waals surface area (Å²) in [7, 11) is 0. The van der Waals surface area contributed by atoms with Gasteiger partial charge in [-0.05, 0) is 36.9 Å². The Kier molecular flexibility index (Phi) is 8.83. The number of hydrogen-bond donors (Lipinski definition) is 2. The van der Waals surface area contributed by atoms with Crippen LogP contribution in [0.1, 0.15) is 25.3 Å². The number of benzene rings is 1. The Hall–Kier alpha value is -0.970. The van der Waals surface area contributed by atoms with Gasteiger partial charge in [-0.3, -0.25) is 4.79 Å². The molecular formula is C16H27Cl2N3O. The van der Waals surface area contributed by atoms with Crippen LogP contribution >= 0.6 is 24.8 Å². The van der Waals surface area contributed by atoms with Crippen molar-refractivity contribution in [2.24, 2.45) is 11.1 Å². The lowest BCUT2D eigenvalue weighted by molar-refractivity contribution is -0.130. The van der Waals surface area contributed by atoms with E-state index < -0.39 is 0 Å². The van der Waals surface area contributed by atoms with Crippen LogP contribution in [0.5, 0.6) is 0 Å². The minimum absolute atomic E-state index is 0. The molecule has 6 heteroatoms. The van der Waals surface area contributed by atoms with E-state index >= 15 is 0 Å². The lowest BCUT2D eigenvalue weighted by Gasteiger charge is -2.22. The van der Waals surface area contributed by atoms with Gasteiger partial charge in [-0.1, -0.05) is 25.1 Å². The Bertz CT molecular complexity index is 484. The Morgan fingerprint density at radius 2 is 2.05 bits per heavy atom. The number of aryl methyl sites for hydroxylation is 1. The van der Waals surface area contributed by atoms with Gasteiger partial charge in [-0.25, -0.2) is 0 Å². The SMILES string of the molecule is Cc1ccccc1NCCC(=O)N1CCC(C)(CN)C1.Cl.Cl. The molecule has 1 unspecified atom stereocenters. The first-order chi connectivity index (χ1) is 9.54. The molecule has 1 heterocycles. The normalized spacial score (nSPS) is 20.0. The van der Waals surface area contributed by atoms with Gasteiger partial charge in [0.15, 0.2) is 0 Å². The molecule has 0 aliphatic carbocycles. The molecule has 1 aliphatic heterocycles. The molecule has 0 radical (unpaired) electrons. The van der Waals surface area contributed by atoms with E-state index in [2.05, 4.69) is 25.2 Å². The predicted octanol–water partition coefficient (Wildman–Crippen LogP) is 2.84. The predicted molar refractivity (Wildman–Crippen MR) is 97.1 cm³/mol. The number of para-hydroxylation sites is 1. The molecule has 1 aliphatic rings. The summed E-state index contributed by atoms with van der Waals surface area (Å²) in [6.07, 6.45) is 1.55. The fraction of sp³-hybridized carbons (Fsp3) is 0.562. The largest absolute Gasteiger partial charge is 0.384 e. The van der Waals surface area contributed by atoms with Crippen LogP contribution in [0.15, 0.2) is 24.3 Å². The van der Waals surface area contributed by atoms with E-state index in [1.54, 1.807) is 0 Å². The highest BCUT2D eigenvalue weighted by atomic mass is 35.5. The van der Waals surface area contributed by atoms with Gasteiger partial charge in [0.2, 0.25) is 5.91 Å². The third-order valence-electron chi connectivity index (χ3n) is 4.20. The van der Waals surface area contributed by atoms with Crippen LogP contribution in [0.25, 0.3) is 0 Å². The number of nitrogens with one attached hydrogen (secondary N) is 1. The van der Waals surface area contributed by atoms with Gasteiger partial charge in [-0.15, -0.1) is 24.8 Å². The zero-order valence-electron chi connectivity index (χ0n) is 13.3. The van der Waals surface area contributed by atoms with E-state index in [4.69, 9.17) is 5.73 Å². The highest BCUT2D eigenvalue weighted by Gasteiger charge is 2.34. The molecule has 1 aromatic rings. The molecule has 2 rings (SSSR count). The van der Waals surface area contributed by atoms with E-state index in [1.807, 2.05) is 23.1 Å². The van der Waals surface area contributed by atoms with Crippen LogP contribution in [0.2, 0.25) is 0 Å². The minimum Gasteiger partial charge on any atom is -0.384 e. The Morgan fingerprint density at radius 3 is 2.64 bits per heavy atom. The fourth-order valence-electron chi connectivity index (χ4n) is 2.64. The van der Waals surface area contributed by atoms with Crippen molar-refractivity contribution in [3.8, 4) is 0 Å². The molecule has 4 nitrogen and oxygen atoms in total. The van der Waals surface area contributed by atoms with Crippen molar-refractivity contribution in [3.05, 3.63) is 29.8 Å². The lowest BCUT2D eigenvalue weighted by atomic mass is 9.90. The van der Waals surface area contributed by atoms with Crippen LogP contribution in [-0.2, 0) is 4.79 Å². The number of halogens is 2. The van der Waals surface area contributed by atoms with E-state index in [9.17, 15) is 4.79 Å².